The van der Waals surface area contributed by atoms with Crippen LogP contribution in [0.3, 0.4) is 0 Å². The van der Waals surface area contributed by atoms with Crippen molar-refractivity contribution in [2.24, 2.45) is 0 Å². The molecule has 0 spiro atoms. The maximum atomic E-state index is 13.2. The molecule has 0 aliphatic rings. The third-order valence-corrected chi connectivity index (χ3v) is 5.20. The highest BCUT2D eigenvalue weighted by molar-refractivity contribution is 6.33. The van der Waals surface area contributed by atoms with Gasteiger partial charge in [-0.25, -0.2) is 9.59 Å². The second kappa shape index (κ2) is 16.1. The van der Waals surface area contributed by atoms with Gasteiger partial charge < -0.3 is 18.9 Å². The SMILES string of the molecule is CCCCOC(=O)CC(CC(=O)OCCCC)(OC(=O)c1ccccc1Cl)C(=O)OCCCC. The number of benzene rings is 1. The van der Waals surface area contributed by atoms with E-state index < -0.39 is 42.3 Å². The number of halogens is 1. The Kier molecular flexibility index (Phi) is 13.9. The third-order valence-electron chi connectivity index (χ3n) is 4.87. The van der Waals surface area contributed by atoms with Crippen LogP contribution in [0.5, 0.6) is 0 Å². The van der Waals surface area contributed by atoms with Gasteiger partial charge >= 0.3 is 23.9 Å². The number of hydrogen-bond donors (Lipinski definition) is 0. The van der Waals surface area contributed by atoms with Crippen LogP contribution >= 0.6 is 11.6 Å². The molecule has 1 aromatic rings. The lowest BCUT2D eigenvalue weighted by Gasteiger charge is -2.30. The van der Waals surface area contributed by atoms with Crippen molar-refractivity contribution in [3.05, 3.63) is 34.9 Å². The van der Waals surface area contributed by atoms with E-state index in [2.05, 4.69) is 0 Å². The van der Waals surface area contributed by atoms with Gasteiger partial charge in [0.15, 0.2) is 0 Å². The Labute approximate surface area is 206 Å². The minimum atomic E-state index is -2.25. The summed E-state index contributed by atoms with van der Waals surface area (Å²) < 4.78 is 21.2. The summed E-state index contributed by atoms with van der Waals surface area (Å²) in [6.07, 6.45) is 2.75. The van der Waals surface area contributed by atoms with Gasteiger partial charge in [0.1, 0.15) is 0 Å². The Morgan fingerprint density at radius 1 is 0.765 bits per heavy atom. The van der Waals surface area contributed by atoms with E-state index in [9.17, 15) is 19.2 Å². The second-order valence-electron chi connectivity index (χ2n) is 7.85. The van der Waals surface area contributed by atoms with Crippen molar-refractivity contribution in [1.29, 1.82) is 0 Å². The number of ether oxygens (including phenoxy) is 4. The van der Waals surface area contributed by atoms with E-state index in [-0.39, 0.29) is 30.4 Å². The molecule has 0 aromatic heterocycles. The van der Waals surface area contributed by atoms with Gasteiger partial charge in [0, 0.05) is 0 Å². The lowest BCUT2D eigenvalue weighted by atomic mass is 9.94. The van der Waals surface area contributed by atoms with Crippen molar-refractivity contribution in [2.75, 3.05) is 19.8 Å². The Morgan fingerprint density at radius 2 is 1.24 bits per heavy atom. The molecule has 0 atom stereocenters. The Hall–Kier alpha value is -2.61. The normalized spacial score (nSPS) is 10.9. The average molecular weight is 499 g/mol. The predicted molar refractivity (Wildman–Crippen MR) is 126 cm³/mol. The average Bonchev–Trinajstić information content (AvgIpc) is 2.79. The van der Waals surface area contributed by atoms with Crippen molar-refractivity contribution < 1.29 is 38.1 Å². The summed E-state index contributed by atoms with van der Waals surface area (Å²) in [7, 11) is 0. The van der Waals surface area contributed by atoms with Gasteiger partial charge in [-0.1, -0.05) is 63.8 Å². The summed E-state index contributed by atoms with van der Waals surface area (Å²) in [5.41, 5.74) is -2.27. The molecule has 1 aromatic carbocycles. The lowest BCUT2D eigenvalue weighted by Crippen LogP contribution is -2.49. The number of esters is 4. The maximum Gasteiger partial charge on any atom is 0.351 e. The van der Waals surface area contributed by atoms with Crippen LogP contribution in [0.1, 0.15) is 82.5 Å². The Bertz CT molecular complexity index is 784. The van der Waals surface area contributed by atoms with Crippen LogP contribution < -0.4 is 0 Å². The molecule has 0 N–H and O–H groups in total. The highest BCUT2D eigenvalue weighted by atomic mass is 35.5. The fourth-order valence-electron chi connectivity index (χ4n) is 2.85. The van der Waals surface area contributed by atoms with Crippen LogP contribution in [-0.2, 0) is 33.3 Å². The van der Waals surface area contributed by atoms with Crippen molar-refractivity contribution in [3.63, 3.8) is 0 Å². The molecule has 34 heavy (non-hydrogen) atoms. The molecule has 190 valence electrons. The molecular formula is C25H35ClO8. The first kappa shape index (κ1) is 29.4. The van der Waals surface area contributed by atoms with Crippen molar-refractivity contribution in [2.45, 2.75) is 77.7 Å². The molecule has 0 radical (unpaired) electrons. The summed E-state index contributed by atoms with van der Waals surface area (Å²) in [6.45, 7) is 6.08. The smallest absolute Gasteiger partial charge is 0.351 e. The standard InChI is InChI=1S/C25H35ClO8/c1-4-7-14-31-21(27)17-25(24(30)33-16-9-6-3,18-22(28)32-15-8-5-2)34-23(29)19-12-10-11-13-20(19)26/h10-13H,4-9,14-18H2,1-3H3. The molecule has 0 aliphatic heterocycles. The molecule has 0 saturated heterocycles. The van der Waals surface area contributed by atoms with Crippen molar-refractivity contribution >= 4 is 35.5 Å². The van der Waals surface area contributed by atoms with Gasteiger partial charge in [0.25, 0.3) is 0 Å². The Morgan fingerprint density at radius 3 is 1.71 bits per heavy atom. The quantitative estimate of drug-likeness (QED) is 0.177. The first-order chi connectivity index (χ1) is 16.3. The molecule has 0 bridgehead atoms. The highest BCUT2D eigenvalue weighted by Gasteiger charge is 2.49. The number of carbonyl (C=O) groups excluding carboxylic acids is 4. The summed E-state index contributed by atoms with van der Waals surface area (Å²) in [5, 5.41) is 0.0943. The minimum Gasteiger partial charge on any atom is -0.466 e. The van der Waals surface area contributed by atoms with Gasteiger partial charge in [-0.2, -0.15) is 0 Å². The molecule has 1 rings (SSSR count). The molecule has 0 heterocycles. The van der Waals surface area contributed by atoms with Crippen LogP contribution in [-0.4, -0.2) is 49.3 Å². The molecule has 0 unspecified atom stereocenters. The number of carbonyl (C=O) groups is 4. The molecule has 0 fully saturated rings. The van der Waals surface area contributed by atoms with E-state index in [4.69, 9.17) is 30.5 Å². The topological polar surface area (TPSA) is 105 Å². The van der Waals surface area contributed by atoms with Gasteiger partial charge in [-0.05, 0) is 31.4 Å². The zero-order valence-corrected chi connectivity index (χ0v) is 21.0. The zero-order chi connectivity index (χ0) is 25.4. The first-order valence-corrected chi connectivity index (χ1v) is 12.1. The van der Waals surface area contributed by atoms with Crippen LogP contribution in [0.2, 0.25) is 5.02 Å². The molecule has 0 aliphatic carbocycles. The number of hydrogen-bond acceptors (Lipinski definition) is 8. The van der Waals surface area contributed by atoms with Gasteiger partial charge in [-0.3, -0.25) is 9.59 Å². The number of rotatable bonds is 16. The van der Waals surface area contributed by atoms with E-state index in [0.29, 0.717) is 19.3 Å². The van der Waals surface area contributed by atoms with Crippen LogP contribution in [0.4, 0.5) is 0 Å². The minimum absolute atomic E-state index is 0.0198. The largest absolute Gasteiger partial charge is 0.466 e. The highest BCUT2D eigenvalue weighted by Crippen LogP contribution is 2.28. The third kappa shape index (κ3) is 10.1. The maximum absolute atomic E-state index is 13.2. The zero-order valence-electron chi connectivity index (χ0n) is 20.2. The van der Waals surface area contributed by atoms with E-state index >= 15 is 0 Å². The van der Waals surface area contributed by atoms with E-state index in [1.165, 1.54) is 12.1 Å². The van der Waals surface area contributed by atoms with Crippen molar-refractivity contribution in [1.82, 2.24) is 0 Å². The van der Waals surface area contributed by atoms with E-state index in [1.54, 1.807) is 12.1 Å². The van der Waals surface area contributed by atoms with Crippen molar-refractivity contribution in [3.8, 4) is 0 Å². The summed E-state index contributed by atoms with van der Waals surface area (Å²) in [5.74, 6) is -3.58. The van der Waals surface area contributed by atoms with Crippen LogP contribution in [0, 0.1) is 0 Å². The van der Waals surface area contributed by atoms with Gasteiger partial charge in [0.05, 0.1) is 43.2 Å². The molecule has 0 amide bonds. The van der Waals surface area contributed by atoms with E-state index in [1.807, 2.05) is 20.8 Å². The lowest BCUT2D eigenvalue weighted by molar-refractivity contribution is -0.178. The first-order valence-electron chi connectivity index (χ1n) is 11.8. The van der Waals surface area contributed by atoms with E-state index in [0.717, 1.165) is 19.3 Å². The molecule has 0 saturated carbocycles. The molecular weight excluding hydrogens is 464 g/mol. The summed E-state index contributed by atoms with van der Waals surface area (Å²) in [4.78, 5) is 51.3. The summed E-state index contributed by atoms with van der Waals surface area (Å²) >= 11 is 6.11. The molecule has 9 heteroatoms. The van der Waals surface area contributed by atoms with Crippen LogP contribution in [0.25, 0.3) is 0 Å². The Balaban J connectivity index is 3.28. The summed E-state index contributed by atoms with van der Waals surface area (Å²) in [6, 6.07) is 6.09. The molecule has 8 nitrogen and oxygen atoms in total. The monoisotopic (exact) mass is 498 g/mol. The number of unbranched alkanes of at least 4 members (excludes halogenated alkanes) is 3. The van der Waals surface area contributed by atoms with Gasteiger partial charge in [0.2, 0.25) is 5.60 Å². The second-order valence-corrected chi connectivity index (χ2v) is 8.26. The fourth-order valence-corrected chi connectivity index (χ4v) is 3.06. The predicted octanol–water partition coefficient (Wildman–Crippen LogP) is 5.05. The van der Waals surface area contributed by atoms with Crippen LogP contribution in [0.15, 0.2) is 24.3 Å². The van der Waals surface area contributed by atoms with Gasteiger partial charge in [-0.15, -0.1) is 0 Å². The fraction of sp³-hybridized carbons (Fsp3) is 0.600.